The second kappa shape index (κ2) is 2.58. The summed E-state index contributed by atoms with van der Waals surface area (Å²) in [6.07, 6.45) is 4.34. The van der Waals surface area contributed by atoms with Crippen molar-refractivity contribution in [3.63, 3.8) is 0 Å². The van der Waals surface area contributed by atoms with Crippen molar-refractivity contribution < 1.29 is 5.11 Å². The summed E-state index contributed by atoms with van der Waals surface area (Å²) < 4.78 is 0. The predicted molar refractivity (Wildman–Crippen MR) is 54.0 cm³/mol. The van der Waals surface area contributed by atoms with E-state index in [4.69, 9.17) is 0 Å². The number of nitrogens with one attached hydrogen (secondary N) is 1. The molecular formula is C11H12N2O. The van der Waals surface area contributed by atoms with Crippen LogP contribution in [0.15, 0.2) is 24.5 Å². The second-order valence-corrected chi connectivity index (χ2v) is 4.16. The van der Waals surface area contributed by atoms with E-state index in [0.29, 0.717) is 0 Å². The highest BCUT2D eigenvalue weighted by Gasteiger charge is 2.40. The molecule has 0 atom stereocenters. The van der Waals surface area contributed by atoms with Crippen LogP contribution in [-0.4, -0.2) is 20.7 Å². The van der Waals surface area contributed by atoms with E-state index in [2.05, 4.69) is 16.0 Å². The molecule has 1 aliphatic carbocycles. The SMILES string of the molecule is OC1(Cc2ccc3nc[nH]c3c2)CC1. The summed E-state index contributed by atoms with van der Waals surface area (Å²) in [5.74, 6) is 0. The van der Waals surface area contributed by atoms with Crippen molar-refractivity contribution in [2.24, 2.45) is 0 Å². The molecule has 72 valence electrons. The van der Waals surface area contributed by atoms with Gasteiger partial charge in [0.2, 0.25) is 0 Å². The third-order valence-electron chi connectivity index (χ3n) is 2.84. The lowest BCUT2D eigenvalue weighted by molar-refractivity contribution is 0.151. The molecule has 0 bridgehead atoms. The van der Waals surface area contributed by atoms with Gasteiger partial charge in [0, 0.05) is 6.42 Å². The zero-order valence-electron chi connectivity index (χ0n) is 7.83. The van der Waals surface area contributed by atoms with Gasteiger partial charge in [0.1, 0.15) is 0 Å². The summed E-state index contributed by atoms with van der Waals surface area (Å²) in [5, 5.41) is 9.78. The number of imidazole rings is 1. The van der Waals surface area contributed by atoms with E-state index >= 15 is 0 Å². The standard InChI is InChI=1S/C11H12N2O/c14-11(3-4-11)6-8-1-2-9-10(5-8)13-7-12-9/h1-2,5,7,14H,3-4,6H2,(H,12,13). The predicted octanol–water partition coefficient (Wildman–Crippen LogP) is 1.63. The second-order valence-electron chi connectivity index (χ2n) is 4.16. The molecule has 0 radical (unpaired) electrons. The molecule has 1 aromatic heterocycles. The summed E-state index contributed by atoms with van der Waals surface area (Å²) in [4.78, 5) is 7.23. The van der Waals surface area contributed by atoms with Gasteiger partial charge in [0.15, 0.2) is 0 Å². The van der Waals surface area contributed by atoms with E-state index in [0.717, 1.165) is 30.3 Å². The Morgan fingerprint density at radius 2 is 2.29 bits per heavy atom. The van der Waals surface area contributed by atoms with Gasteiger partial charge in [-0.1, -0.05) is 6.07 Å². The van der Waals surface area contributed by atoms with Crippen LogP contribution in [0.3, 0.4) is 0 Å². The number of hydrogen-bond acceptors (Lipinski definition) is 2. The minimum atomic E-state index is -0.409. The Balaban J connectivity index is 1.97. The molecule has 14 heavy (non-hydrogen) atoms. The maximum atomic E-state index is 9.78. The van der Waals surface area contributed by atoms with E-state index in [9.17, 15) is 5.11 Å². The molecule has 1 aromatic carbocycles. The van der Waals surface area contributed by atoms with Crippen molar-refractivity contribution in [3.05, 3.63) is 30.1 Å². The average molecular weight is 188 g/mol. The average Bonchev–Trinajstić information content (AvgIpc) is 2.73. The van der Waals surface area contributed by atoms with E-state index in [1.807, 2.05) is 12.1 Å². The molecule has 1 aliphatic rings. The third-order valence-corrected chi connectivity index (χ3v) is 2.84. The van der Waals surface area contributed by atoms with E-state index in [1.165, 1.54) is 5.56 Å². The lowest BCUT2D eigenvalue weighted by Gasteiger charge is -2.06. The number of fused-ring (bicyclic) bond motifs is 1. The van der Waals surface area contributed by atoms with Crippen molar-refractivity contribution in [2.75, 3.05) is 0 Å². The van der Waals surface area contributed by atoms with Crippen LogP contribution < -0.4 is 0 Å². The van der Waals surface area contributed by atoms with Gasteiger partial charge in [-0.25, -0.2) is 4.98 Å². The quantitative estimate of drug-likeness (QED) is 0.752. The fraction of sp³-hybridized carbons (Fsp3) is 0.364. The Morgan fingerprint density at radius 1 is 1.43 bits per heavy atom. The summed E-state index contributed by atoms with van der Waals surface area (Å²) in [5.41, 5.74) is 2.80. The number of aromatic amines is 1. The summed E-state index contributed by atoms with van der Waals surface area (Å²) in [7, 11) is 0. The van der Waals surface area contributed by atoms with Gasteiger partial charge < -0.3 is 10.1 Å². The molecule has 2 aromatic rings. The molecule has 0 unspecified atom stereocenters. The van der Waals surface area contributed by atoms with Gasteiger partial charge in [0.25, 0.3) is 0 Å². The lowest BCUT2D eigenvalue weighted by atomic mass is 10.1. The lowest BCUT2D eigenvalue weighted by Crippen LogP contribution is -2.10. The van der Waals surface area contributed by atoms with Crippen LogP contribution in [0.5, 0.6) is 0 Å². The Morgan fingerprint density at radius 3 is 3.07 bits per heavy atom. The van der Waals surface area contributed by atoms with Crippen molar-refractivity contribution in [2.45, 2.75) is 24.9 Å². The highest BCUT2D eigenvalue weighted by Crippen LogP contribution is 2.38. The van der Waals surface area contributed by atoms with Crippen LogP contribution in [0.1, 0.15) is 18.4 Å². The van der Waals surface area contributed by atoms with Crippen molar-refractivity contribution in [3.8, 4) is 0 Å². The molecule has 0 spiro atoms. The van der Waals surface area contributed by atoms with Gasteiger partial charge in [-0.15, -0.1) is 0 Å². The molecular weight excluding hydrogens is 176 g/mol. The van der Waals surface area contributed by atoms with E-state index in [1.54, 1.807) is 6.33 Å². The number of hydrogen-bond donors (Lipinski definition) is 2. The summed E-state index contributed by atoms with van der Waals surface area (Å²) in [6, 6.07) is 6.10. The molecule has 1 heterocycles. The molecule has 0 amide bonds. The number of aliphatic hydroxyl groups is 1. The van der Waals surface area contributed by atoms with Crippen LogP contribution in [0.4, 0.5) is 0 Å². The maximum Gasteiger partial charge on any atom is 0.0931 e. The zero-order chi connectivity index (χ0) is 9.60. The first-order chi connectivity index (χ1) is 6.75. The van der Waals surface area contributed by atoms with Gasteiger partial charge in [0.05, 0.1) is 23.0 Å². The highest BCUT2D eigenvalue weighted by molar-refractivity contribution is 5.75. The fourth-order valence-electron chi connectivity index (χ4n) is 1.79. The van der Waals surface area contributed by atoms with E-state index in [-0.39, 0.29) is 0 Å². The highest BCUT2D eigenvalue weighted by atomic mass is 16.3. The molecule has 3 heteroatoms. The molecule has 3 nitrogen and oxygen atoms in total. The topological polar surface area (TPSA) is 48.9 Å². The summed E-state index contributed by atoms with van der Waals surface area (Å²) in [6.45, 7) is 0. The van der Waals surface area contributed by atoms with Crippen LogP contribution in [0.2, 0.25) is 0 Å². The normalized spacial score (nSPS) is 18.6. The van der Waals surface area contributed by atoms with Crippen molar-refractivity contribution >= 4 is 11.0 Å². The summed E-state index contributed by atoms with van der Waals surface area (Å²) >= 11 is 0. The van der Waals surface area contributed by atoms with Gasteiger partial charge in [-0.2, -0.15) is 0 Å². The Kier molecular flexibility index (Phi) is 1.47. The molecule has 1 fully saturated rings. The van der Waals surface area contributed by atoms with Crippen LogP contribution in [-0.2, 0) is 6.42 Å². The number of H-pyrrole nitrogens is 1. The first kappa shape index (κ1) is 8.00. The number of rotatable bonds is 2. The van der Waals surface area contributed by atoms with Gasteiger partial charge >= 0.3 is 0 Å². The fourth-order valence-corrected chi connectivity index (χ4v) is 1.79. The smallest absolute Gasteiger partial charge is 0.0931 e. The van der Waals surface area contributed by atoms with Crippen LogP contribution in [0, 0.1) is 0 Å². The van der Waals surface area contributed by atoms with Gasteiger partial charge in [-0.3, -0.25) is 0 Å². The molecule has 3 rings (SSSR count). The molecule has 2 N–H and O–H groups in total. The Bertz CT molecular complexity index is 471. The first-order valence-electron chi connectivity index (χ1n) is 4.90. The van der Waals surface area contributed by atoms with Crippen LogP contribution >= 0.6 is 0 Å². The minimum absolute atomic E-state index is 0.409. The maximum absolute atomic E-state index is 9.78. The van der Waals surface area contributed by atoms with Crippen molar-refractivity contribution in [1.82, 2.24) is 9.97 Å². The zero-order valence-corrected chi connectivity index (χ0v) is 7.83. The molecule has 0 saturated heterocycles. The first-order valence-corrected chi connectivity index (χ1v) is 4.90. The van der Waals surface area contributed by atoms with E-state index < -0.39 is 5.60 Å². The number of aromatic nitrogens is 2. The Hall–Kier alpha value is -1.35. The number of benzene rings is 1. The van der Waals surface area contributed by atoms with Gasteiger partial charge in [-0.05, 0) is 30.5 Å². The molecule has 1 saturated carbocycles. The van der Waals surface area contributed by atoms with Crippen LogP contribution in [0.25, 0.3) is 11.0 Å². The third kappa shape index (κ3) is 1.30. The monoisotopic (exact) mass is 188 g/mol. The minimum Gasteiger partial charge on any atom is -0.390 e. The van der Waals surface area contributed by atoms with Crippen molar-refractivity contribution in [1.29, 1.82) is 0 Å². The Labute approximate surface area is 81.8 Å². The largest absolute Gasteiger partial charge is 0.390 e. The number of nitrogens with zero attached hydrogens (tertiary/aromatic N) is 1. The molecule has 0 aliphatic heterocycles.